The van der Waals surface area contributed by atoms with Crippen LogP contribution < -0.4 is 9.47 Å². The largest absolute Gasteiger partial charge is 0.497 e. The van der Waals surface area contributed by atoms with Crippen molar-refractivity contribution in [2.24, 2.45) is 0 Å². The normalized spacial score (nSPS) is 10.6. The topological polar surface area (TPSA) is 44.2 Å². The lowest BCUT2D eigenvalue weighted by Gasteiger charge is -2.09. The molecule has 1 aromatic heterocycles. The van der Waals surface area contributed by atoms with Crippen LogP contribution in [0.25, 0.3) is 0 Å². The van der Waals surface area contributed by atoms with Crippen LogP contribution in [-0.4, -0.2) is 17.1 Å². The molecule has 2 rings (SSSR count). The van der Waals surface area contributed by atoms with Crippen molar-refractivity contribution in [1.29, 1.82) is 0 Å². The van der Waals surface area contributed by atoms with Crippen molar-refractivity contribution in [3.63, 3.8) is 0 Å². The van der Waals surface area contributed by atoms with Crippen LogP contribution in [0.5, 0.6) is 17.4 Å². The van der Waals surface area contributed by atoms with Crippen molar-refractivity contribution >= 4 is 11.6 Å². The maximum atomic E-state index is 5.96. The van der Waals surface area contributed by atoms with Crippen LogP contribution in [0.15, 0.2) is 30.3 Å². The first kappa shape index (κ1) is 13.6. The lowest BCUT2D eigenvalue weighted by Crippen LogP contribution is -1.99. The van der Waals surface area contributed by atoms with Gasteiger partial charge >= 0.3 is 0 Å². The monoisotopic (exact) mass is 278 g/mol. The molecule has 5 heteroatoms. The lowest BCUT2D eigenvalue weighted by molar-refractivity contribution is 0.412. The number of aromatic nitrogens is 2. The summed E-state index contributed by atoms with van der Waals surface area (Å²) < 4.78 is 10.7. The third-order valence-electron chi connectivity index (χ3n) is 2.49. The Kier molecular flexibility index (Phi) is 4.22. The van der Waals surface area contributed by atoms with Gasteiger partial charge in [-0.1, -0.05) is 25.4 Å². The Balaban J connectivity index is 2.22. The molecule has 1 heterocycles. The van der Waals surface area contributed by atoms with Gasteiger partial charge in [-0.05, 0) is 24.3 Å². The highest BCUT2D eigenvalue weighted by molar-refractivity contribution is 6.29. The summed E-state index contributed by atoms with van der Waals surface area (Å²) in [6.45, 7) is 4.01. The quantitative estimate of drug-likeness (QED) is 0.791. The molecule has 0 aliphatic carbocycles. The number of halogens is 1. The second-order valence-electron chi connectivity index (χ2n) is 4.32. The summed E-state index contributed by atoms with van der Waals surface area (Å²) in [4.78, 5) is 8.48. The molecule has 0 saturated carbocycles. The Morgan fingerprint density at radius 2 is 1.68 bits per heavy atom. The van der Waals surface area contributed by atoms with E-state index in [1.54, 1.807) is 13.2 Å². The Bertz CT molecular complexity index is 556. The number of hydrogen-bond donors (Lipinski definition) is 0. The van der Waals surface area contributed by atoms with Crippen LogP contribution in [0.4, 0.5) is 0 Å². The van der Waals surface area contributed by atoms with Crippen LogP contribution in [-0.2, 0) is 0 Å². The molecule has 1 aromatic carbocycles. The highest BCUT2D eigenvalue weighted by atomic mass is 35.5. The van der Waals surface area contributed by atoms with E-state index in [-0.39, 0.29) is 5.92 Å². The molecular weight excluding hydrogens is 264 g/mol. The van der Waals surface area contributed by atoms with E-state index in [4.69, 9.17) is 21.1 Å². The fourth-order valence-corrected chi connectivity index (χ4v) is 1.67. The van der Waals surface area contributed by atoms with Crippen LogP contribution in [0, 0.1) is 0 Å². The Morgan fingerprint density at radius 1 is 1.05 bits per heavy atom. The van der Waals surface area contributed by atoms with Gasteiger partial charge < -0.3 is 9.47 Å². The number of ether oxygens (including phenoxy) is 2. The smallest absolute Gasteiger partial charge is 0.224 e. The summed E-state index contributed by atoms with van der Waals surface area (Å²) in [6.07, 6.45) is 0. The van der Waals surface area contributed by atoms with Crippen LogP contribution in [0.2, 0.25) is 5.15 Å². The van der Waals surface area contributed by atoms with E-state index < -0.39 is 0 Å². The molecule has 0 atom stereocenters. The molecule has 0 bridgehead atoms. The Hall–Kier alpha value is -1.81. The summed E-state index contributed by atoms with van der Waals surface area (Å²) in [7, 11) is 1.62. The summed E-state index contributed by atoms with van der Waals surface area (Å²) in [5.74, 6) is 2.74. The van der Waals surface area contributed by atoms with Gasteiger partial charge in [0.1, 0.15) is 22.5 Å². The Morgan fingerprint density at radius 3 is 2.26 bits per heavy atom. The molecule has 0 N–H and O–H groups in total. The molecular formula is C14H15ClN2O2. The molecule has 0 aliphatic rings. The maximum Gasteiger partial charge on any atom is 0.224 e. The Labute approximate surface area is 117 Å². The van der Waals surface area contributed by atoms with E-state index in [0.717, 1.165) is 5.75 Å². The lowest BCUT2D eigenvalue weighted by atomic mass is 10.2. The van der Waals surface area contributed by atoms with Crippen molar-refractivity contribution < 1.29 is 9.47 Å². The third kappa shape index (κ3) is 3.58. The average molecular weight is 279 g/mol. The van der Waals surface area contributed by atoms with E-state index in [1.807, 2.05) is 38.1 Å². The third-order valence-corrected chi connectivity index (χ3v) is 2.68. The number of benzene rings is 1. The van der Waals surface area contributed by atoms with Gasteiger partial charge in [0.15, 0.2) is 0 Å². The number of methoxy groups -OCH3 is 1. The van der Waals surface area contributed by atoms with E-state index >= 15 is 0 Å². The zero-order chi connectivity index (χ0) is 13.8. The van der Waals surface area contributed by atoms with Crippen LogP contribution in [0.1, 0.15) is 25.6 Å². The molecule has 100 valence electrons. The van der Waals surface area contributed by atoms with Crippen molar-refractivity contribution in [1.82, 2.24) is 9.97 Å². The predicted molar refractivity (Wildman–Crippen MR) is 74.2 cm³/mol. The average Bonchev–Trinajstić information content (AvgIpc) is 2.39. The number of rotatable bonds is 4. The minimum atomic E-state index is 0.192. The summed E-state index contributed by atoms with van der Waals surface area (Å²) >= 11 is 5.96. The molecule has 0 spiro atoms. The van der Waals surface area contributed by atoms with Crippen molar-refractivity contribution in [3.05, 3.63) is 41.3 Å². The number of nitrogens with zero attached hydrogens (tertiary/aromatic N) is 2. The van der Waals surface area contributed by atoms with Crippen molar-refractivity contribution in [3.8, 4) is 17.4 Å². The van der Waals surface area contributed by atoms with E-state index in [2.05, 4.69) is 9.97 Å². The van der Waals surface area contributed by atoms with Gasteiger partial charge in [0, 0.05) is 12.0 Å². The molecule has 0 amide bonds. The van der Waals surface area contributed by atoms with Gasteiger partial charge in [0.05, 0.1) is 7.11 Å². The number of hydrogen-bond acceptors (Lipinski definition) is 4. The second kappa shape index (κ2) is 5.89. The van der Waals surface area contributed by atoms with Gasteiger partial charge in [-0.3, -0.25) is 0 Å². The van der Waals surface area contributed by atoms with Crippen LogP contribution >= 0.6 is 11.6 Å². The van der Waals surface area contributed by atoms with E-state index in [1.165, 1.54) is 0 Å². The second-order valence-corrected chi connectivity index (χ2v) is 4.71. The van der Waals surface area contributed by atoms with Gasteiger partial charge in [0.2, 0.25) is 5.88 Å². The fraction of sp³-hybridized carbons (Fsp3) is 0.286. The highest BCUT2D eigenvalue weighted by Crippen LogP contribution is 2.25. The zero-order valence-electron chi connectivity index (χ0n) is 11.1. The first-order valence-electron chi connectivity index (χ1n) is 5.95. The van der Waals surface area contributed by atoms with Crippen molar-refractivity contribution in [2.45, 2.75) is 19.8 Å². The summed E-state index contributed by atoms with van der Waals surface area (Å²) in [5, 5.41) is 0.377. The first-order chi connectivity index (χ1) is 9.08. The van der Waals surface area contributed by atoms with Gasteiger partial charge in [0.25, 0.3) is 0 Å². The fourth-order valence-electron chi connectivity index (χ4n) is 1.49. The molecule has 19 heavy (non-hydrogen) atoms. The zero-order valence-corrected chi connectivity index (χ0v) is 11.8. The molecule has 2 aromatic rings. The molecule has 0 fully saturated rings. The molecule has 0 radical (unpaired) electrons. The summed E-state index contributed by atoms with van der Waals surface area (Å²) in [6, 6.07) is 8.86. The molecule has 0 unspecified atom stereocenters. The van der Waals surface area contributed by atoms with Gasteiger partial charge in [-0.25, -0.2) is 4.98 Å². The standard InChI is InChI=1S/C14H15ClN2O2/c1-9(2)14-16-12(15)8-13(17-14)19-11-6-4-10(18-3)5-7-11/h4-9H,1-3H3. The highest BCUT2D eigenvalue weighted by Gasteiger charge is 2.08. The predicted octanol–water partition coefficient (Wildman–Crippen LogP) is 4.05. The van der Waals surface area contributed by atoms with Crippen molar-refractivity contribution in [2.75, 3.05) is 7.11 Å². The maximum absolute atomic E-state index is 5.96. The molecule has 0 aliphatic heterocycles. The van der Waals surface area contributed by atoms with E-state index in [0.29, 0.717) is 22.6 Å². The minimum absolute atomic E-state index is 0.192. The SMILES string of the molecule is COc1ccc(Oc2cc(Cl)nc(C(C)C)n2)cc1. The minimum Gasteiger partial charge on any atom is -0.497 e. The van der Waals surface area contributed by atoms with E-state index in [9.17, 15) is 0 Å². The molecule has 0 saturated heterocycles. The van der Waals surface area contributed by atoms with Crippen LogP contribution in [0.3, 0.4) is 0 Å². The van der Waals surface area contributed by atoms with Gasteiger partial charge in [-0.15, -0.1) is 0 Å². The first-order valence-corrected chi connectivity index (χ1v) is 6.32. The molecule has 4 nitrogen and oxygen atoms in total. The van der Waals surface area contributed by atoms with Gasteiger partial charge in [-0.2, -0.15) is 4.98 Å². The summed E-state index contributed by atoms with van der Waals surface area (Å²) in [5.41, 5.74) is 0.